The molecule has 128 valence electrons. The molecule has 2 rings (SSSR count). The van der Waals surface area contributed by atoms with Gasteiger partial charge in [0.05, 0.1) is 5.56 Å². The van der Waals surface area contributed by atoms with E-state index in [0.29, 0.717) is 19.5 Å². The first-order valence-electron chi connectivity index (χ1n) is 7.15. The van der Waals surface area contributed by atoms with Crippen molar-refractivity contribution in [1.82, 2.24) is 13.5 Å². The quantitative estimate of drug-likeness (QED) is 0.816. The van der Waals surface area contributed by atoms with E-state index < -0.39 is 21.9 Å². The van der Waals surface area contributed by atoms with Crippen LogP contribution in [-0.2, 0) is 10.2 Å². The van der Waals surface area contributed by atoms with Crippen LogP contribution in [0.5, 0.6) is 0 Å². The van der Waals surface area contributed by atoms with Crippen LogP contribution in [0.1, 0.15) is 16.8 Å². The number of halogens is 2. The van der Waals surface area contributed by atoms with Gasteiger partial charge in [-0.05, 0) is 24.6 Å². The zero-order valence-corrected chi connectivity index (χ0v) is 14.6. The number of hydrogen-bond donors (Lipinski definition) is 0. The highest BCUT2D eigenvalue weighted by atomic mass is 35.5. The number of carbonyl (C=O) groups is 1. The van der Waals surface area contributed by atoms with Gasteiger partial charge in [-0.15, -0.1) is 0 Å². The molecule has 1 aromatic rings. The molecule has 0 atom stereocenters. The summed E-state index contributed by atoms with van der Waals surface area (Å²) < 4.78 is 40.6. The minimum absolute atomic E-state index is 0.0959. The maximum atomic E-state index is 13.8. The summed E-state index contributed by atoms with van der Waals surface area (Å²) in [6.45, 7) is 1.07. The van der Waals surface area contributed by atoms with Gasteiger partial charge in [0.25, 0.3) is 16.1 Å². The minimum Gasteiger partial charge on any atom is -0.337 e. The van der Waals surface area contributed by atoms with Gasteiger partial charge in [0.15, 0.2) is 0 Å². The van der Waals surface area contributed by atoms with E-state index in [4.69, 9.17) is 11.6 Å². The molecule has 0 radical (unpaired) electrons. The third kappa shape index (κ3) is 4.00. The minimum atomic E-state index is -3.52. The van der Waals surface area contributed by atoms with Crippen LogP contribution in [0.25, 0.3) is 0 Å². The van der Waals surface area contributed by atoms with E-state index in [1.165, 1.54) is 35.4 Å². The number of amides is 1. The third-order valence-electron chi connectivity index (χ3n) is 3.69. The molecule has 1 aromatic carbocycles. The number of rotatable bonds is 3. The summed E-state index contributed by atoms with van der Waals surface area (Å²) >= 11 is 5.82. The van der Waals surface area contributed by atoms with Gasteiger partial charge in [-0.25, -0.2) is 4.39 Å². The van der Waals surface area contributed by atoms with Crippen molar-refractivity contribution in [3.63, 3.8) is 0 Å². The number of benzene rings is 1. The van der Waals surface area contributed by atoms with E-state index in [2.05, 4.69) is 0 Å². The zero-order chi connectivity index (χ0) is 17.2. The average Bonchev–Trinajstić information content (AvgIpc) is 2.75. The summed E-state index contributed by atoms with van der Waals surface area (Å²) in [5.74, 6) is -1.12. The Kier molecular flexibility index (Phi) is 5.61. The Morgan fingerprint density at radius 1 is 1.22 bits per heavy atom. The summed E-state index contributed by atoms with van der Waals surface area (Å²) in [6.07, 6.45) is 0.487. The van der Waals surface area contributed by atoms with Gasteiger partial charge in [-0.2, -0.15) is 17.0 Å². The molecule has 1 fully saturated rings. The lowest BCUT2D eigenvalue weighted by Crippen LogP contribution is -2.42. The fourth-order valence-electron chi connectivity index (χ4n) is 2.39. The van der Waals surface area contributed by atoms with Crippen molar-refractivity contribution >= 4 is 27.7 Å². The molecule has 0 aromatic heterocycles. The monoisotopic (exact) mass is 363 g/mol. The molecule has 0 bridgehead atoms. The maximum Gasteiger partial charge on any atom is 0.281 e. The summed E-state index contributed by atoms with van der Waals surface area (Å²) in [7, 11) is -0.593. The van der Waals surface area contributed by atoms with E-state index in [0.717, 1.165) is 10.4 Å². The lowest BCUT2D eigenvalue weighted by atomic mass is 10.2. The average molecular weight is 364 g/mol. The van der Waals surface area contributed by atoms with E-state index >= 15 is 0 Å². The fourth-order valence-corrected chi connectivity index (χ4v) is 3.70. The topological polar surface area (TPSA) is 60.9 Å². The predicted molar refractivity (Wildman–Crippen MR) is 86.1 cm³/mol. The lowest BCUT2D eigenvalue weighted by Gasteiger charge is -2.24. The molecule has 1 aliphatic heterocycles. The van der Waals surface area contributed by atoms with E-state index in [1.54, 1.807) is 0 Å². The molecular weight excluding hydrogens is 345 g/mol. The van der Waals surface area contributed by atoms with Crippen LogP contribution < -0.4 is 0 Å². The highest BCUT2D eigenvalue weighted by Crippen LogP contribution is 2.18. The molecule has 23 heavy (non-hydrogen) atoms. The SMILES string of the molecule is CN(C)S(=O)(=O)N1CCCN(C(=O)c2cc(Cl)ccc2F)CC1. The molecule has 1 saturated heterocycles. The highest BCUT2D eigenvalue weighted by Gasteiger charge is 2.29. The van der Waals surface area contributed by atoms with Crippen molar-refractivity contribution < 1.29 is 17.6 Å². The molecule has 1 heterocycles. The molecular formula is C14H19ClFN3O3S. The van der Waals surface area contributed by atoms with Crippen molar-refractivity contribution in [2.45, 2.75) is 6.42 Å². The standard InChI is InChI=1S/C14H19ClFN3O3S/c1-17(2)23(21,22)19-7-3-6-18(8-9-19)14(20)12-10-11(15)4-5-13(12)16/h4-5,10H,3,6-9H2,1-2H3. The van der Waals surface area contributed by atoms with Crippen molar-refractivity contribution in [3.05, 3.63) is 34.6 Å². The second-order valence-corrected chi connectivity index (χ2v) is 8.04. The van der Waals surface area contributed by atoms with E-state index in [-0.39, 0.29) is 23.7 Å². The van der Waals surface area contributed by atoms with Crippen molar-refractivity contribution in [3.8, 4) is 0 Å². The number of hydrogen-bond acceptors (Lipinski definition) is 3. The highest BCUT2D eigenvalue weighted by molar-refractivity contribution is 7.86. The normalized spacial score (nSPS) is 17.3. The van der Waals surface area contributed by atoms with Crippen LogP contribution in [0.4, 0.5) is 4.39 Å². The van der Waals surface area contributed by atoms with Crippen LogP contribution in [0.2, 0.25) is 5.02 Å². The molecule has 9 heteroatoms. The molecule has 1 aliphatic rings. The molecule has 0 unspecified atom stereocenters. The number of carbonyl (C=O) groups excluding carboxylic acids is 1. The van der Waals surface area contributed by atoms with Crippen molar-refractivity contribution in [1.29, 1.82) is 0 Å². The lowest BCUT2D eigenvalue weighted by molar-refractivity contribution is 0.0759. The summed E-state index contributed by atoms with van der Waals surface area (Å²) in [4.78, 5) is 13.9. The smallest absolute Gasteiger partial charge is 0.281 e. The van der Waals surface area contributed by atoms with Crippen LogP contribution in [0, 0.1) is 5.82 Å². The van der Waals surface area contributed by atoms with E-state index in [1.807, 2.05) is 0 Å². The predicted octanol–water partition coefficient (Wildman–Crippen LogP) is 1.43. The first-order valence-corrected chi connectivity index (χ1v) is 8.93. The number of nitrogens with zero attached hydrogens (tertiary/aromatic N) is 3. The zero-order valence-electron chi connectivity index (χ0n) is 13.0. The molecule has 6 nitrogen and oxygen atoms in total. The Bertz CT molecular complexity index is 697. The first-order chi connectivity index (χ1) is 10.7. The third-order valence-corrected chi connectivity index (χ3v) is 5.86. The van der Waals surface area contributed by atoms with Crippen molar-refractivity contribution in [2.75, 3.05) is 40.3 Å². The van der Waals surface area contributed by atoms with Gasteiger partial charge in [-0.1, -0.05) is 11.6 Å². The van der Waals surface area contributed by atoms with Crippen molar-refractivity contribution in [2.24, 2.45) is 0 Å². The summed E-state index contributed by atoms with van der Waals surface area (Å²) in [5.41, 5.74) is -0.0959. The van der Waals surface area contributed by atoms with Gasteiger partial charge in [0.2, 0.25) is 0 Å². The van der Waals surface area contributed by atoms with Gasteiger partial charge >= 0.3 is 0 Å². The van der Waals surface area contributed by atoms with Gasteiger partial charge in [-0.3, -0.25) is 4.79 Å². The Morgan fingerprint density at radius 3 is 2.57 bits per heavy atom. The summed E-state index contributed by atoms with van der Waals surface area (Å²) in [6, 6.07) is 3.82. The Morgan fingerprint density at radius 2 is 1.91 bits per heavy atom. The molecule has 1 amide bonds. The van der Waals surface area contributed by atoms with Crippen LogP contribution in [-0.4, -0.2) is 68.1 Å². The Labute approximate surface area is 140 Å². The second kappa shape index (κ2) is 7.12. The second-order valence-electron chi connectivity index (χ2n) is 5.46. The van der Waals surface area contributed by atoms with Crippen LogP contribution in [0.15, 0.2) is 18.2 Å². The van der Waals surface area contributed by atoms with Gasteiger partial charge < -0.3 is 4.90 Å². The molecule has 0 N–H and O–H groups in total. The largest absolute Gasteiger partial charge is 0.337 e. The fraction of sp³-hybridized carbons (Fsp3) is 0.500. The first kappa shape index (κ1) is 18.1. The maximum absolute atomic E-state index is 13.8. The van der Waals surface area contributed by atoms with Gasteiger partial charge in [0, 0.05) is 45.3 Å². The van der Waals surface area contributed by atoms with Gasteiger partial charge in [0.1, 0.15) is 5.82 Å². The van der Waals surface area contributed by atoms with Crippen LogP contribution >= 0.6 is 11.6 Å². The molecule has 0 saturated carbocycles. The van der Waals surface area contributed by atoms with E-state index in [9.17, 15) is 17.6 Å². The summed E-state index contributed by atoms with van der Waals surface area (Å²) in [5, 5.41) is 0.279. The molecule has 0 spiro atoms. The molecule has 0 aliphatic carbocycles. The van der Waals surface area contributed by atoms with Crippen LogP contribution in [0.3, 0.4) is 0 Å². The Balaban J connectivity index is 2.14. The Hall–Kier alpha value is -1.22.